The van der Waals surface area contributed by atoms with Crippen LogP contribution in [0, 0.1) is 0 Å². The Morgan fingerprint density at radius 2 is 1.30 bits per heavy atom. The van der Waals surface area contributed by atoms with Crippen LogP contribution in [0.4, 0.5) is 43.9 Å². The van der Waals surface area contributed by atoms with Crippen LogP contribution in [-0.2, 0) is 27.3 Å². The second-order valence-corrected chi connectivity index (χ2v) is 7.44. The van der Waals surface area contributed by atoms with Gasteiger partial charge in [-0.05, 0) is 12.1 Å². The molecule has 0 bridgehead atoms. The van der Waals surface area contributed by atoms with Crippen LogP contribution in [0.2, 0.25) is 0 Å². The summed E-state index contributed by atoms with van der Waals surface area (Å²) in [4.78, 5) is 0. The molecule has 0 radical (unpaired) electrons. The SMILES string of the molecule is FC(F)(F)c1ccccc1B1OC2=CCC(F)(c3ccccc3C(F)(F)F)C(F)(F)C2(F)O1. The number of rotatable bonds is 2. The van der Waals surface area contributed by atoms with Crippen LogP contribution in [-0.4, -0.2) is 18.9 Å². The minimum atomic E-state index is -5.31. The molecule has 1 aliphatic heterocycles. The van der Waals surface area contributed by atoms with Gasteiger partial charge in [0.15, 0.2) is 0 Å². The lowest BCUT2D eigenvalue weighted by atomic mass is 9.75. The lowest BCUT2D eigenvalue weighted by molar-refractivity contribution is -0.283. The second-order valence-electron chi connectivity index (χ2n) is 7.44. The first-order valence-electron chi connectivity index (χ1n) is 9.26. The van der Waals surface area contributed by atoms with E-state index in [2.05, 4.69) is 4.65 Å². The molecule has 0 saturated carbocycles. The van der Waals surface area contributed by atoms with Crippen LogP contribution in [0.3, 0.4) is 0 Å². The lowest BCUT2D eigenvalue weighted by Crippen LogP contribution is -2.60. The van der Waals surface area contributed by atoms with Crippen LogP contribution < -0.4 is 5.46 Å². The van der Waals surface area contributed by atoms with Gasteiger partial charge >= 0.3 is 31.2 Å². The molecule has 4 rings (SSSR count). The van der Waals surface area contributed by atoms with Crippen LogP contribution >= 0.6 is 0 Å². The number of alkyl halides is 10. The minimum absolute atomic E-state index is 0.352. The van der Waals surface area contributed by atoms with E-state index in [0.717, 1.165) is 30.3 Å². The van der Waals surface area contributed by atoms with E-state index in [4.69, 9.17) is 4.65 Å². The molecule has 2 aromatic carbocycles. The quantitative estimate of drug-likeness (QED) is 0.390. The normalized spacial score (nSPS) is 27.1. The number of allylic oxidation sites excluding steroid dienone is 1. The van der Waals surface area contributed by atoms with Gasteiger partial charge in [0.2, 0.25) is 5.67 Å². The van der Waals surface area contributed by atoms with Gasteiger partial charge in [-0.15, -0.1) is 0 Å². The Bertz CT molecular complexity index is 1110. The highest BCUT2D eigenvalue weighted by molar-refractivity contribution is 6.63. The van der Waals surface area contributed by atoms with Gasteiger partial charge < -0.3 is 9.31 Å². The highest BCUT2D eigenvalue weighted by atomic mass is 19.4. The molecule has 13 heteroatoms. The fourth-order valence-corrected chi connectivity index (χ4v) is 3.89. The zero-order chi connectivity index (χ0) is 24.4. The molecule has 1 saturated heterocycles. The first-order valence-corrected chi connectivity index (χ1v) is 9.26. The fourth-order valence-electron chi connectivity index (χ4n) is 3.89. The van der Waals surface area contributed by atoms with Crippen LogP contribution in [0.25, 0.3) is 0 Å². The summed E-state index contributed by atoms with van der Waals surface area (Å²) in [7, 11) is -2.36. The molecule has 1 fully saturated rings. The van der Waals surface area contributed by atoms with Gasteiger partial charge in [0.25, 0.3) is 0 Å². The Morgan fingerprint density at radius 1 is 0.758 bits per heavy atom. The summed E-state index contributed by atoms with van der Waals surface area (Å²) in [6.45, 7) is 0. The van der Waals surface area contributed by atoms with Crippen molar-refractivity contribution in [2.24, 2.45) is 0 Å². The number of hydrogen-bond acceptors (Lipinski definition) is 2. The minimum Gasteiger partial charge on any atom is -0.531 e. The Labute approximate surface area is 179 Å². The van der Waals surface area contributed by atoms with Gasteiger partial charge in [-0.25, -0.2) is 4.39 Å². The average molecular weight is 484 g/mol. The molecule has 0 N–H and O–H groups in total. The molecule has 2 aliphatic rings. The predicted molar refractivity (Wildman–Crippen MR) is 94.7 cm³/mol. The van der Waals surface area contributed by atoms with Gasteiger partial charge in [-0.3, -0.25) is 0 Å². The predicted octanol–water partition coefficient (Wildman–Crippen LogP) is 5.92. The second kappa shape index (κ2) is 7.15. The van der Waals surface area contributed by atoms with E-state index in [0.29, 0.717) is 24.3 Å². The Hall–Kier alpha value is -2.70. The molecule has 2 aromatic rings. The topological polar surface area (TPSA) is 18.5 Å². The van der Waals surface area contributed by atoms with Crippen molar-refractivity contribution in [1.82, 2.24) is 0 Å². The van der Waals surface area contributed by atoms with Gasteiger partial charge in [-0.2, -0.15) is 39.5 Å². The summed E-state index contributed by atoms with van der Waals surface area (Å²) >= 11 is 0. The van der Waals surface area contributed by atoms with Crippen molar-refractivity contribution < 1.29 is 53.2 Å². The monoisotopic (exact) mass is 484 g/mol. The Kier molecular flexibility index (Phi) is 5.08. The summed E-state index contributed by atoms with van der Waals surface area (Å²) in [5.41, 5.74) is -9.80. The average Bonchev–Trinajstić information content (AvgIpc) is 3.09. The molecule has 2 unspecified atom stereocenters. The van der Waals surface area contributed by atoms with Crippen molar-refractivity contribution in [3.05, 3.63) is 77.1 Å². The van der Waals surface area contributed by atoms with E-state index in [1.807, 2.05) is 0 Å². The first-order chi connectivity index (χ1) is 15.1. The van der Waals surface area contributed by atoms with E-state index in [-0.39, 0.29) is 0 Å². The first kappa shape index (κ1) is 23.5. The Morgan fingerprint density at radius 3 is 1.91 bits per heavy atom. The largest absolute Gasteiger partial charge is 0.566 e. The van der Waals surface area contributed by atoms with Crippen molar-refractivity contribution in [3.8, 4) is 0 Å². The van der Waals surface area contributed by atoms with Crippen molar-refractivity contribution in [3.63, 3.8) is 0 Å². The van der Waals surface area contributed by atoms with Crippen molar-refractivity contribution in [2.45, 2.75) is 36.2 Å². The summed E-state index contributed by atoms with van der Waals surface area (Å²) in [5, 5.41) is 0. The van der Waals surface area contributed by atoms with Crippen molar-refractivity contribution in [1.29, 1.82) is 0 Å². The molecule has 176 valence electrons. The number of fused-ring (bicyclic) bond motifs is 1. The van der Waals surface area contributed by atoms with Gasteiger partial charge in [0.1, 0.15) is 5.76 Å². The van der Waals surface area contributed by atoms with Crippen LogP contribution in [0.1, 0.15) is 23.1 Å². The molecule has 33 heavy (non-hydrogen) atoms. The lowest BCUT2D eigenvalue weighted by Gasteiger charge is -2.42. The standard InChI is InChI=1S/C20H11BF10O2/c22-16(11-5-1-2-6-12(11)18(24,25)26)10-9-15-17(23,20(16,30)31)33-21(32-15)14-8-4-3-7-13(14)19(27,28)29/h1-9H,10H2. The maximum absolute atomic E-state index is 15.7. The van der Waals surface area contributed by atoms with E-state index in [1.165, 1.54) is 0 Å². The van der Waals surface area contributed by atoms with Crippen LogP contribution in [0.5, 0.6) is 0 Å². The molecule has 0 amide bonds. The third-order valence-electron chi connectivity index (χ3n) is 5.47. The third-order valence-corrected chi connectivity index (χ3v) is 5.47. The summed E-state index contributed by atoms with van der Waals surface area (Å²) < 4.78 is 151. The molecule has 1 heterocycles. The number of hydrogen-bond donors (Lipinski definition) is 0. The zero-order valence-corrected chi connectivity index (χ0v) is 16.1. The molecule has 0 spiro atoms. The fraction of sp³-hybridized carbons (Fsp3) is 0.300. The third kappa shape index (κ3) is 3.39. The Balaban J connectivity index is 1.80. The van der Waals surface area contributed by atoms with Gasteiger partial charge in [-0.1, -0.05) is 42.5 Å². The highest BCUT2D eigenvalue weighted by Crippen LogP contribution is 2.60. The maximum Gasteiger partial charge on any atom is 0.566 e. The van der Waals surface area contributed by atoms with E-state index in [1.54, 1.807) is 0 Å². The van der Waals surface area contributed by atoms with Gasteiger partial charge in [0, 0.05) is 17.4 Å². The molecule has 2 nitrogen and oxygen atoms in total. The van der Waals surface area contributed by atoms with Crippen LogP contribution in [0.15, 0.2) is 60.4 Å². The van der Waals surface area contributed by atoms with E-state index < -0.39 is 71.3 Å². The van der Waals surface area contributed by atoms with E-state index in [9.17, 15) is 26.3 Å². The molecular weight excluding hydrogens is 473 g/mol. The summed E-state index contributed by atoms with van der Waals surface area (Å²) in [6, 6.07) is 5.90. The molecule has 2 atom stereocenters. The van der Waals surface area contributed by atoms with Crippen molar-refractivity contribution >= 4 is 12.6 Å². The van der Waals surface area contributed by atoms with E-state index >= 15 is 17.6 Å². The smallest absolute Gasteiger partial charge is 0.531 e. The summed E-state index contributed by atoms with van der Waals surface area (Å²) in [5.74, 6) is -11.1. The number of benzene rings is 2. The summed E-state index contributed by atoms with van der Waals surface area (Å²) in [6.07, 6.45) is -11.3. The molecule has 0 aromatic heterocycles. The molecule has 1 aliphatic carbocycles. The zero-order valence-electron chi connectivity index (χ0n) is 16.1. The maximum atomic E-state index is 15.7. The van der Waals surface area contributed by atoms with Crippen molar-refractivity contribution in [2.75, 3.05) is 0 Å². The number of halogens is 10. The molecular formula is C20H11BF10O2. The highest BCUT2D eigenvalue weighted by Gasteiger charge is 2.78. The van der Waals surface area contributed by atoms with Gasteiger partial charge in [0.05, 0.1) is 11.1 Å².